The lowest BCUT2D eigenvalue weighted by molar-refractivity contribution is -0.119. The number of amides is 1. The maximum atomic E-state index is 10.6. The van der Waals surface area contributed by atoms with E-state index in [4.69, 9.17) is 4.74 Å². The number of ether oxygens (including phenoxy) is 1. The lowest BCUT2D eigenvalue weighted by Gasteiger charge is -2.09. The van der Waals surface area contributed by atoms with Gasteiger partial charge in [0.15, 0.2) is 0 Å². The molecule has 15 heavy (non-hydrogen) atoms. The largest absolute Gasteiger partial charge is 0.491 e. The zero-order chi connectivity index (χ0) is 11.3. The Hall–Kier alpha value is -1.51. The first-order valence-electron chi connectivity index (χ1n) is 5.04. The Labute approximate surface area is 90.4 Å². The lowest BCUT2D eigenvalue weighted by atomic mass is 10.1. The molecular weight excluding hydrogens is 190 g/mol. The van der Waals surface area contributed by atoms with E-state index < -0.39 is 0 Å². The molecule has 0 radical (unpaired) electrons. The summed E-state index contributed by atoms with van der Waals surface area (Å²) in [6, 6.07) is 6.05. The minimum Gasteiger partial charge on any atom is -0.491 e. The molecule has 0 atom stereocenters. The quantitative estimate of drug-likeness (QED) is 0.765. The molecule has 0 saturated carbocycles. The Morgan fingerprint density at radius 2 is 2.13 bits per heavy atom. The molecule has 0 bridgehead atoms. The van der Waals surface area contributed by atoms with Crippen molar-refractivity contribution < 1.29 is 9.53 Å². The van der Waals surface area contributed by atoms with Crippen molar-refractivity contribution in [2.24, 2.45) is 0 Å². The van der Waals surface area contributed by atoms with Crippen molar-refractivity contribution >= 4 is 5.91 Å². The summed E-state index contributed by atoms with van der Waals surface area (Å²) >= 11 is 0. The number of aryl methyl sites for hydroxylation is 2. The maximum Gasteiger partial charge on any atom is 0.216 e. The van der Waals surface area contributed by atoms with Gasteiger partial charge in [0.25, 0.3) is 0 Å². The number of rotatable bonds is 4. The van der Waals surface area contributed by atoms with Crippen LogP contribution >= 0.6 is 0 Å². The van der Waals surface area contributed by atoms with Gasteiger partial charge in [0, 0.05) is 6.92 Å². The van der Waals surface area contributed by atoms with Crippen molar-refractivity contribution in [3.63, 3.8) is 0 Å². The highest BCUT2D eigenvalue weighted by atomic mass is 16.5. The van der Waals surface area contributed by atoms with Crippen LogP contribution in [-0.2, 0) is 4.79 Å². The highest BCUT2D eigenvalue weighted by molar-refractivity contribution is 5.72. The molecule has 1 rings (SSSR count). The molecular formula is C12H17NO2. The first-order chi connectivity index (χ1) is 7.09. The fraction of sp³-hybridized carbons (Fsp3) is 0.417. The Balaban J connectivity index is 2.40. The van der Waals surface area contributed by atoms with Gasteiger partial charge in [-0.15, -0.1) is 0 Å². The third kappa shape index (κ3) is 4.02. The molecule has 0 aliphatic carbocycles. The van der Waals surface area contributed by atoms with Crippen LogP contribution in [0.4, 0.5) is 0 Å². The summed E-state index contributed by atoms with van der Waals surface area (Å²) in [4.78, 5) is 10.6. The van der Waals surface area contributed by atoms with Crippen molar-refractivity contribution in [2.75, 3.05) is 13.2 Å². The molecule has 0 aliphatic rings. The molecule has 3 heteroatoms. The van der Waals surface area contributed by atoms with Gasteiger partial charge in [0.2, 0.25) is 5.91 Å². The topological polar surface area (TPSA) is 38.3 Å². The van der Waals surface area contributed by atoms with Crippen LogP contribution in [-0.4, -0.2) is 19.1 Å². The average Bonchev–Trinajstić information content (AvgIpc) is 2.14. The molecule has 1 N–H and O–H groups in total. The Kier molecular flexibility index (Phi) is 4.16. The van der Waals surface area contributed by atoms with Gasteiger partial charge in [-0.2, -0.15) is 0 Å². The van der Waals surface area contributed by atoms with Crippen LogP contribution in [0, 0.1) is 13.8 Å². The molecule has 0 aromatic heterocycles. The minimum absolute atomic E-state index is 0.0285. The van der Waals surface area contributed by atoms with Gasteiger partial charge in [0.05, 0.1) is 6.54 Å². The van der Waals surface area contributed by atoms with E-state index in [0.717, 1.165) is 11.3 Å². The van der Waals surface area contributed by atoms with Gasteiger partial charge in [-0.1, -0.05) is 17.7 Å². The molecule has 82 valence electrons. The maximum absolute atomic E-state index is 10.6. The van der Waals surface area contributed by atoms with Crippen LogP contribution in [0.1, 0.15) is 18.1 Å². The van der Waals surface area contributed by atoms with E-state index in [1.807, 2.05) is 26.0 Å². The third-order valence-electron chi connectivity index (χ3n) is 2.06. The Morgan fingerprint density at radius 3 is 2.73 bits per heavy atom. The second-order valence-corrected chi connectivity index (χ2v) is 3.60. The average molecular weight is 207 g/mol. The smallest absolute Gasteiger partial charge is 0.216 e. The predicted molar refractivity (Wildman–Crippen MR) is 60.1 cm³/mol. The summed E-state index contributed by atoms with van der Waals surface area (Å²) < 4.78 is 5.53. The summed E-state index contributed by atoms with van der Waals surface area (Å²) in [5, 5.41) is 2.68. The van der Waals surface area contributed by atoms with Crippen molar-refractivity contribution in [2.45, 2.75) is 20.8 Å². The van der Waals surface area contributed by atoms with Crippen molar-refractivity contribution in [1.29, 1.82) is 0 Å². The minimum atomic E-state index is -0.0285. The monoisotopic (exact) mass is 207 g/mol. The van der Waals surface area contributed by atoms with E-state index in [0.29, 0.717) is 13.2 Å². The summed E-state index contributed by atoms with van der Waals surface area (Å²) in [6.07, 6.45) is 0. The van der Waals surface area contributed by atoms with Crippen LogP contribution in [0.2, 0.25) is 0 Å². The van der Waals surface area contributed by atoms with Crippen molar-refractivity contribution in [1.82, 2.24) is 5.32 Å². The van der Waals surface area contributed by atoms with Crippen LogP contribution in [0.15, 0.2) is 18.2 Å². The summed E-state index contributed by atoms with van der Waals surface area (Å²) in [5.74, 6) is 0.852. The second-order valence-electron chi connectivity index (χ2n) is 3.60. The van der Waals surface area contributed by atoms with E-state index >= 15 is 0 Å². The van der Waals surface area contributed by atoms with E-state index in [1.54, 1.807) is 0 Å². The number of nitrogens with one attached hydrogen (secondary N) is 1. The van der Waals surface area contributed by atoms with E-state index in [2.05, 4.69) is 11.4 Å². The van der Waals surface area contributed by atoms with Gasteiger partial charge in [-0.05, 0) is 25.5 Å². The number of carbonyl (C=O) groups excluding carboxylic acids is 1. The van der Waals surface area contributed by atoms with Crippen molar-refractivity contribution in [3.8, 4) is 5.75 Å². The molecule has 0 heterocycles. The normalized spacial score (nSPS) is 9.80. The third-order valence-corrected chi connectivity index (χ3v) is 2.06. The number of hydrogen-bond acceptors (Lipinski definition) is 2. The highest BCUT2D eigenvalue weighted by Gasteiger charge is 1.99. The van der Waals surface area contributed by atoms with Crippen molar-refractivity contribution in [3.05, 3.63) is 29.3 Å². The second kappa shape index (κ2) is 5.39. The molecule has 0 saturated heterocycles. The molecule has 1 amide bonds. The van der Waals surface area contributed by atoms with Gasteiger partial charge < -0.3 is 10.1 Å². The zero-order valence-electron chi connectivity index (χ0n) is 9.46. The fourth-order valence-corrected chi connectivity index (χ4v) is 1.35. The standard InChI is InChI=1S/C12H17NO2/c1-9-4-5-12(10(2)8-9)15-7-6-13-11(3)14/h4-5,8H,6-7H2,1-3H3,(H,13,14). The fourth-order valence-electron chi connectivity index (χ4n) is 1.35. The summed E-state index contributed by atoms with van der Waals surface area (Å²) in [7, 11) is 0. The van der Waals surface area contributed by atoms with E-state index in [-0.39, 0.29) is 5.91 Å². The molecule has 1 aromatic carbocycles. The van der Waals surface area contributed by atoms with Crippen LogP contribution in [0.5, 0.6) is 5.75 Å². The SMILES string of the molecule is CC(=O)NCCOc1ccc(C)cc1C. The van der Waals surface area contributed by atoms with Crippen LogP contribution in [0.3, 0.4) is 0 Å². The van der Waals surface area contributed by atoms with E-state index in [9.17, 15) is 4.79 Å². The van der Waals surface area contributed by atoms with Gasteiger partial charge in [-0.25, -0.2) is 0 Å². The number of benzene rings is 1. The molecule has 0 unspecified atom stereocenters. The number of carbonyl (C=O) groups is 1. The first-order valence-corrected chi connectivity index (χ1v) is 5.04. The zero-order valence-corrected chi connectivity index (χ0v) is 9.46. The van der Waals surface area contributed by atoms with Crippen LogP contribution in [0.25, 0.3) is 0 Å². The van der Waals surface area contributed by atoms with E-state index in [1.165, 1.54) is 12.5 Å². The first kappa shape index (κ1) is 11.6. The molecule has 0 spiro atoms. The molecule has 1 aromatic rings. The predicted octanol–water partition coefficient (Wildman–Crippen LogP) is 1.82. The Morgan fingerprint density at radius 1 is 1.40 bits per heavy atom. The van der Waals surface area contributed by atoms with Crippen LogP contribution < -0.4 is 10.1 Å². The Bertz CT molecular complexity index is 347. The summed E-state index contributed by atoms with van der Waals surface area (Å²) in [5.41, 5.74) is 2.35. The number of hydrogen-bond donors (Lipinski definition) is 1. The molecule has 0 fully saturated rings. The van der Waals surface area contributed by atoms with Gasteiger partial charge >= 0.3 is 0 Å². The highest BCUT2D eigenvalue weighted by Crippen LogP contribution is 2.18. The summed E-state index contributed by atoms with van der Waals surface area (Å²) in [6.45, 7) is 6.61. The molecule has 3 nitrogen and oxygen atoms in total. The lowest BCUT2D eigenvalue weighted by Crippen LogP contribution is -2.25. The molecule has 0 aliphatic heterocycles. The van der Waals surface area contributed by atoms with Gasteiger partial charge in [-0.3, -0.25) is 4.79 Å². The van der Waals surface area contributed by atoms with Gasteiger partial charge in [0.1, 0.15) is 12.4 Å².